The Kier molecular flexibility index (Phi) is 4.50. The predicted molar refractivity (Wildman–Crippen MR) is 90.8 cm³/mol. The lowest BCUT2D eigenvalue weighted by molar-refractivity contribution is -0.137. The molecule has 0 amide bonds. The number of nitrogens with one attached hydrogen (secondary N) is 2. The van der Waals surface area contributed by atoms with Gasteiger partial charge in [-0.1, -0.05) is 12.1 Å². The van der Waals surface area contributed by atoms with E-state index in [1.54, 1.807) is 16.8 Å². The Bertz CT molecular complexity index is 755. The molecule has 0 aliphatic carbocycles. The molecule has 140 valence electrons. The van der Waals surface area contributed by atoms with Crippen LogP contribution in [-0.2, 0) is 19.8 Å². The second kappa shape index (κ2) is 6.68. The van der Waals surface area contributed by atoms with Crippen molar-refractivity contribution in [3.05, 3.63) is 53.3 Å². The second-order valence-corrected chi connectivity index (χ2v) is 7.20. The van der Waals surface area contributed by atoms with E-state index in [0.717, 1.165) is 31.6 Å². The van der Waals surface area contributed by atoms with Crippen molar-refractivity contribution in [1.82, 2.24) is 25.5 Å². The third-order valence-corrected chi connectivity index (χ3v) is 5.36. The van der Waals surface area contributed by atoms with Crippen molar-refractivity contribution in [3.63, 3.8) is 0 Å². The average molecular weight is 365 g/mol. The Labute approximate surface area is 150 Å². The molecule has 2 saturated heterocycles. The monoisotopic (exact) mass is 365 g/mol. The van der Waals surface area contributed by atoms with Gasteiger partial charge in [-0.2, -0.15) is 18.3 Å². The van der Waals surface area contributed by atoms with Crippen LogP contribution in [0.2, 0.25) is 0 Å². The lowest BCUT2D eigenvalue weighted by Crippen LogP contribution is -2.45. The minimum absolute atomic E-state index is 0.0129. The summed E-state index contributed by atoms with van der Waals surface area (Å²) in [4.78, 5) is 2.39. The molecule has 2 fully saturated rings. The van der Waals surface area contributed by atoms with Crippen LogP contribution in [-0.4, -0.2) is 33.8 Å². The number of benzene rings is 1. The third kappa shape index (κ3) is 3.49. The lowest BCUT2D eigenvalue weighted by Gasteiger charge is -2.36. The molecule has 0 bridgehead atoms. The number of halogens is 3. The Hall–Kier alpha value is -1.90. The maximum atomic E-state index is 12.8. The van der Waals surface area contributed by atoms with Crippen LogP contribution in [0.4, 0.5) is 13.2 Å². The molecule has 4 rings (SSSR count). The Morgan fingerprint density at radius 3 is 2.62 bits per heavy atom. The number of hydrogen-bond acceptors (Lipinski definition) is 4. The van der Waals surface area contributed by atoms with Crippen LogP contribution in [0.15, 0.2) is 36.7 Å². The highest BCUT2D eigenvalue weighted by Crippen LogP contribution is 2.36. The molecule has 8 heteroatoms. The topological polar surface area (TPSA) is 45.1 Å². The van der Waals surface area contributed by atoms with Crippen molar-refractivity contribution in [1.29, 1.82) is 0 Å². The van der Waals surface area contributed by atoms with Crippen molar-refractivity contribution < 1.29 is 13.2 Å². The zero-order valence-electron chi connectivity index (χ0n) is 14.5. The van der Waals surface area contributed by atoms with Crippen molar-refractivity contribution in [3.8, 4) is 0 Å². The molecule has 0 saturated carbocycles. The average Bonchev–Trinajstić information content (AvgIpc) is 3.20. The zero-order valence-corrected chi connectivity index (χ0v) is 14.5. The first-order chi connectivity index (χ1) is 12.4. The fourth-order valence-electron chi connectivity index (χ4n) is 4.04. The number of aromatic nitrogens is 2. The summed E-state index contributed by atoms with van der Waals surface area (Å²) in [6.07, 6.45) is 0.609. The zero-order chi connectivity index (χ0) is 18.3. The van der Waals surface area contributed by atoms with Gasteiger partial charge in [0.1, 0.15) is 0 Å². The van der Waals surface area contributed by atoms with Crippen LogP contribution in [0, 0.1) is 5.92 Å². The van der Waals surface area contributed by atoms with Gasteiger partial charge in [-0.3, -0.25) is 15.0 Å². The van der Waals surface area contributed by atoms with E-state index >= 15 is 0 Å². The van der Waals surface area contributed by atoms with Crippen LogP contribution >= 0.6 is 0 Å². The maximum Gasteiger partial charge on any atom is 0.416 e. The number of likely N-dealkylation sites (tertiary alicyclic amines) is 1. The van der Waals surface area contributed by atoms with Crippen molar-refractivity contribution in [2.24, 2.45) is 13.0 Å². The number of nitrogens with zero attached hydrogens (tertiary/aromatic N) is 3. The quantitative estimate of drug-likeness (QED) is 0.877. The summed E-state index contributed by atoms with van der Waals surface area (Å²) < 4.78 is 40.1. The molecule has 0 spiro atoms. The smallest absolute Gasteiger partial charge is 0.298 e. The van der Waals surface area contributed by atoms with Gasteiger partial charge >= 0.3 is 6.18 Å². The maximum absolute atomic E-state index is 12.8. The van der Waals surface area contributed by atoms with Crippen LogP contribution in [0.3, 0.4) is 0 Å². The Morgan fingerprint density at radius 2 is 1.96 bits per heavy atom. The van der Waals surface area contributed by atoms with Gasteiger partial charge in [0.2, 0.25) is 0 Å². The second-order valence-electron chi connectivity index (χ2n) is 7.20. The van der Waals surface area contributed by atoms with Crippen molar-refractivity contribution in [2.45, 2.75) is 31.2 Å². The first kappa shape index (κ1) is 17.5. The van der Waals surface area contributed by atoms with E-state index < -0.39 is 11.7 Å². The normalized spacial score (nSPS) is 26.8. The number of hydrogen-bond donors (Lipinski definition) is 2. The molecule has 3 atom stereocenters. The van der Waals surface area contributed by atoms with Gasteiger partial charge in [0.15, 0.2) is 0 Å². The number of aryl methyl sites for hydroxylation is 1. The molecule has 1 aromatic carbocycles. The van der Waals surface area contributed by atoms with E-state index in [4.69, 9.17) is 0 Å². The van der Waals surface area contributed by atoms with Gasteiger partial charge in [0.25, 0.3) is 0 Å². The third-order valence-electron chi connectivity index (χ3n) is 5.36. The summed E-state index contributed by atoms with van der Waals surface area (Å²) in [5.41, 5.74) is 8.07. The number of fused-ring (bicyclic) bond motifs is 1. The van der Waals surface area contributed by atoms with Gasteiger partial charge in [0.05, 0.1) is 17.8 Å². The molecule has 2 aliphatic heterocycles. The van der Waals surface area contributed by atoms with E-state index in [0.29, 0.717) is 12.0 Å². The molecule has 3 heterocycles. The van der Waals surface area contributed by atoms with Crippen molar-refractivity contribution in [2.75, 3.05) is 13.1 Å². The van der Waals surface area contributed by atoms with Gasteiger partial charge in [-0.15, -0.1) is 0 Å². The summed E-state index contributed by atoms with van der Waals surface area (Å²) >= 11 is 0. The predicted octanol–water partition coefficient (Wildman–Crippen LogP) is 2.48. The van der Waals surface area contributed by atoms with E-state index in [1.165, 1.54) is 17.7 Å². The summed E-state index contributed by atoms with van der Waals surface area (Å²) in [6, 6.07) is 5.86. The molecule has 2 N–H and O–H groups in total. The molecule has 26 heavy (non-hydrogen) atoms. The van der Waals surface area contributed by atoms with Gasteiger partial charge in [0, 0.05) is 50.4 Å². The Morgan fingerprint density at radius 1 is 1.19 bits per heavy atom. The van der Waals surface area contributed by atoms with Gasteiger partial charge < -0.3 is 0 Å². The standard InChI is InChI=1S/C18H22F3N5/c1-25-9-12(8-22-25)10-26-7-6-16-15(11-26)17(24-23-16)13-2-4-14(5-3-13)18(19,20)21/h2-5,8-9,15-17,23-24H,6-7,10-11H2,1H3. The minimum Gasteiger partial charge on any atom is -0.298 e. The van der Waals surface area contributed by atoms with E-state index in [-0.39, 0.29) is 6.04 Å². The molecule has 2 aliphatic rings. The van der Waals surface area contributed by atoms with Crippen LogP contribution in [0.25, 0.3) is 0 Å². The summed E-state index contributed by atoms with van der Waals surface area (Å²) in [6.45, 7) is 2.73. The van der Waals surface area contributed by atoms with Crippen molar-refractivity contribution >= 4 is 0 Å². The summed E-state index contributed by atoms with van der Waals surface area (Å²) in [7, 11) is 1.90. The number of piperidine rings is 1. The van der Waals surface area contributed by atoms with E-state index in [2.05, 4.69) is 20.9 Å². The molecular weight excluding hydrogens is 343 g/mol. The summed E-state index contributed by atoms with van der Waals surface area (Å²) in [5.74, 6) is 0.317. The molecular formula is C18H22F3N5. The minimum atomic E-state index is -4.30. The molecule has 2 aromatic rings. The van der Waals surface area contributed by atoms with Crippen LogP contribution in [0.5, 0.6) is 0 Å². The fraction of sp³-hybridized carbons (Fsp3) is 0.500. The van der Waals surface area contributed by atoms with Gasteiger partial charge in [-0.25, -0.2) is 5.43 Å². The molecule has 1 aromatic heterocycles. The lowest BCUT2D eigenvalue weighted by atomic mass is 9.85. The number of alkyl halides is 3. The van der Waals surface area contributed by atoms with Crippen LogP contribution in [0.1, 0.15) is 29.2 Å². The largest absolute Gasteiger partial charge is 0.416 e. The fourth-order valence-corrected chi connectivity index (χ4v) is 4.04. The Balaban J connectivity index is 1.46. The molecule has 3 unspecified atom stereocenters. The highest BCUT2D eigenvalue weighted by molar-refractivity contribution is 5.28. The number of rotatable bonds is 3. The molecule has 0 radical (unpaired) electrons. The van der Waals surface area contributed by atoms with E-state index in [1.807, 2.05) is 19.4 Å². The first-order valence-electron chi connectivity index (χ1n) is 8.78. The van der Waals surface area contributed by atoms with Crippen LogP contribution < -0.4 is 10.9 Å². The SMILES string of the molecule is Cn1cc(CN2CCC3NNC(c4ccc(C(F)(F)F)cc4)C3C2)cn1. The number of hydrazine groups is 1. The molecule has 5 nitrogen and oxygen atoms in total. The highest BCUT2D eigenvalue weighted by atomic mass is 19.4. The van der Waals surface area contributed by atoms with Gasteiger partial charge in [-0.05, 0) is 24.1 Å². The summed E-state index contributed by atoms with van der Waals surface area (Å²) in [5, 5.41) is 4.21. The highest BCUT2D eigenvalue weighted by Gasteiger charge is 2.40. The first-order valence-corrected chi connectivity index (χ1v) is 8.78. The van der Waals surface area contributed by atoms with E-state index in [9.17, 15) is 13.2 Å².